The second kappa shape index (κ2) is 11.9. The van der Waals surface area contributed by atoms with Gasteiger partial charge in [0.25, 0.3) is 0 Å². The number of phenolic OH excluding ortho intramolecular Hbond substituents is 1. The zero-order valence-electron chi connectivity index (χ0n) is 17.8. The molecule has 0 aliphatic rings. The fourth-order valence-electron chi connectivity index (χ4n) is 2.80. The van der Waals surface area contributed by atoms with E-state index in [4.69, 9.17) is 23.2 Å². The van der Waals surface area contributed by atoms with Crippen LogP contribution in [-0.4, -0.2) is 19.7 Å². The van der Waals surface area contributed by atoms with Crippen molar-refractivity contribution in [3.63, 3.8) is 0 Å². The molecule has 2 aromatic carbocycles. The first-order chi connectivity index (χ1) is 15.0. The summed E-state index contributed by atoms with van der Waals surface area (Å²) in [5.41, 5.74) is 2.85. The van der Waals surface area contributed by atoms with Gasteiger partial charge < -0.3 is 10.4 Å². The Hall–Kier alpha value is -2.28. The lowest BCUT2D eigenvalue weighted by molar-refractivity contribution is 0.477. The molecule has 0 unspecified atom stereocenters. The second-order valence-electron chi connectivity index (χ2n) is 5.90. The van der Waals surface area contributed by atoms with Gasteiger partial charge in [-0.15, -0.1) is 0 Å². The molecule has 0 spiro atoms. The minimum Gasteiger partial charge on any atom is -0.507 e. The number of fused-ring (bicyclic) bond motifs is 1. The van der Waals surface area contributed by atoms with E-state index >= 15 is 0 Å². The van der Waals surface area contributed by atoms with Crippen LogP contribution in [0.25, 0.3) is 16.9 Å². The fourth-order valence-corrected chi connectivity index (χ4v) is 3.72. The van der Waals surface area contributed by atoms with Crippen molar-refractivity contribution in [2.75, 3.05) is 5.32 Å². The van der Waals surface area contributed by atoms with Crippen molar-refractivity contribution in [3.05, 3.63) is 74.8 Å². The van der Waals surface area contributed by atoms with E-state index in [-0.39, 0.29) is 5.75 Å². The van der Waals surface area contributed by atoms with Crippen LogP contribution in [0, 0.1) is 0 Å². The number of nitrogens with one attached hydrogen (secondary N) is 1. The van der Waals surface area contributed by atoms with Crippen LogP contribution in [0.1, 0.15) is 33.3 Å². The SMILES string of the molecule is CC.CC.Oc1ccccc1-c1cc(NCc2cc(Cl)cc(Cl)c2)n2ncc(Br)c2n1. The maximum absolute atomic E-state index is 10.2. The van der Waals surface area contributed by atoms with Crippen LogP contribution in [0.15, 0.2) is 59.2 Å². The van der Waals surface area contributed by atoms with E-state index in [1.807, 2.05) is 58.0 Å². The lowest BCUT2D eigenvalue weighted by atomic mass is 10.1. The molecule has 2 N–H and O–H groups in total. The van der Waals surface area contributed by atoms with Crippen molar-refractivity contribution in [2.24, 2.45) is 0 Å². The summed E-state index contributed by atoms with van der Waals surface area (Å²) in [7, 11) is 0. The molecule has 5 nitrogen and oxygen atoms in total. The minimum atomic E-state index is 0.164. The average Bonchev–Trinajstić information content (AvgIpc) is 3.15. The molecule has 0 atom stereocenters. The minimum absolute atomic E-state index is 0.164. The highest BCUT2D eigenvalue weighted by Crippen LogP contribution is 2.31. The van der Waals surface area contributed by atoms with Crippen molar-refractivity contribution in [2.45, 2.75) is 34.2 Å². The van der Waals surface area contributed by atoms with E-state index in [2.05, 4.69) is 31.3 Å². The Bertz CT molecular complexity index is 1130. The Morgan fingerprint density at radius 1 is 1.00 bits per heavy atom. The molecule has 0 fully saturated rings. The summed E-state index contributed by atoms with van der Waals surface area (Å²) >= 11 is 15.6. The standard InChI is InChI=1S/C19H13BrCl2N4O.2C2H6/c20-15-10-24-26-18(23-9-11-5-12(21)7-13(22)6-11)8-16(25-19(15)26)14-3-1-2-4-17(14)27;2*1-2/h1-8,10,23,27H,9H2;2*1-2H3. The van der Waals surface area contributed by atoms with Crippen molar-refractivity contribution in [1.29, 1.82) is 0 Å². The number of aromatic nitrogens is 3. The van der Waals surface area contributed by atoms with Gasteiger partial charge >= 0.3 is 0 Å². The molecule has 0 aliphatic carbocycles. The number of rotatable bonds is 4. The summed E-state index contributed by atoms with van der Waals surface area (Å²) in [6.45, 7) is 8.50. The summed E-state index contributed by atoms with van der Waals surface area (Å²) in [6.07, 6.45) is 1.68. The summed E-state index contributed by atoms with van der Waals surface area (Å²) in [5.74, 6) is 0.887. The van der Waals surface area contributed by atoms with Crippen LogP contribution in [0.2, 0.25) is 10.0 Å². The van der Waals surface area contributed by atoms with E-state index in [9.17, 15) is 5.11 Å². The molecule has 0 saturated heterocycles. The molecule has 2 aromatic heterocycles. The number of anilines is 1. The van der Waals surface area contributed by atoms with Gasteiger partial charge in [0.15, 0.2) is 5.65 Å². The van der Waals surface area contributed by atoms with Crippen LogP contribution in [0.4, 0.5) is 5.82 Å². The topological polar surface area (TPSA) is 62.5 Å². The van der Waals surface area contributed by atoms with Gasteiger partial charge in [-0.2, -0.15) is 9.61 Å². The third-order valence-electron chi connectivity index (χ3n) is 4.00. The molecule has 31 heavy (non-hydrogen) atoms. The molecular formula is C23H25BrCl2N4O. The van der Waals surface area contributed by atoms with E-state index in [0.29, 0.717) is 33.5 Å². The van der Waals surface area contributed by atoms with Gasteiger partial charge in [0, 0.05) is 28.2 Å². The lowest BCUT2D eigenvalue weighted by Gasteiger charge is -2.12. The molecule has 4 aromatic rings. The molecule has 0 amide bonds. The summed E-state index contributed by atoms with van der Waals surface area (Å²) in [6, 6.07) is 14.3. The fraction of sp³-hybridized carbons (Fsp3) is 0.217. The molecule has 164 valence electrons. The van der Waals surface area contributed by atoms with E-state index < -0.39 is 0 Å². The smallest absolute Gasteiger partial charge is 0.172 e. The van der Waals surface area contributed by atoms with Crippen molar-refractivity contribution >= 4 is 50.6 Å². The molecule has 0 bridgehead atoms. The Labute approximate surface area is 201 Å². The Morgan fingerprint density at radius 2 is 1.65 bits per heavy atom. The van der Waals surface area contributed by atoms with E-state index in [1.165, 1.54) is 0 Å². The zero-order valence-corrected chi connectivity index (χ0v) is 20.9. The number of para-hydroxylation sites is 1. The van der Waals surface area contributed by atoms with E-state index in [0.717, 1.165) is 15.9 Å². The number of aromatic hydroxyl groups is 1. The van der Waals surface area contributed by atoms with E-state index in [1.54, 1.807) is 28.9 Å². The van der Waals surface area contributed by atoms with Crippen LogP contribution in [-0.2, 0) is 6.54 Å². The van der Waals surface area contributed by atoms with Crippen molar-refractivity contribution in [3.8, 4) is 17.0 Å². The number of hydrogen-bond donors (Lipinski definition) is 2. The summed E-state index contributed by atoms with van der Waals surface area (Å²) < 4.78 is 2.45. The van der Waals surface area contributed by atoms with Gasteiger partial charge in [0.2, 0.25) is 0 Å². The highest BCUT2D eigenvalue weighted by molar-refractivity contribution is 9.10. The number of benzene rings is 2. The van der Waals surface area contributed by atoms with Gasteiger partial charge in [-0.05, 0) is 51.8 Å². The summed E-state index contributed by atoms with van der Waals surface area (Å²) in [4.78, 5) is 4.62. The van der Waals surface area contributed by atoms with Crippen LogP contribution >= 0.6 is 39.1 Å². The lowest BCUT2D eigenvalue weighted by Crippen LogP contribution is -2.07. The zero-order chi connectivity index (χ0) is 23.0. The molecule has 0 aliphatic heterocycles. The Morgan fingerprint density at radius 3 is 2.29 bits per heavy atom. The number of nitrogens with zero attached hydrogens (tertiary/aromatic N) is 3. The summed E-state index contributed by atoms with van der Waals surface area (Å²) in [5, 5.41) is 19.0. The monoisotopic (exact) mass is 522 g/mol. The average molecular weight is 524 g/mol. The van der Waals surface area contributed by atoms with Crippen molar-refractivity contribution in [1.82, 2.24) is 14.6 Å². The number of hydrogen-bond acceptors (Lipinski definition) is 4. The normalized spacial score (nSPS) is 10.0. The third-order valence-corrected chi connectivity index (χ3v) is 5.00. The molecule has 0 saturated carbocycles. The van der Waals surface area contributed by atoms with Crippen LogP contribution < -0.4 is 5.32 Å². The van der Waals surface area contributed by atoms with Gasteiger partial charge in [0.05, 0.1) is 16.4 Å². The first-order valence-electron chi connectivity index (χ1n) is 10.0. The number of phenols is 1. The predicted octanol–water partition coefficient (Wildman–Crippen LogP) is 7.84. The second-order valence-corrected chi connectivity index (χ2v) is 7.63. The first kappa shape index (κ1) is 25.0. The highest BCUT2D eigenvalue weighted by atomic mass is 79.9. The maximum atomic E-state index is 10.2. The van der Waals surface area contributed by atoms with Crippen molar-refractivity contribution < 1.29 is 5.11 Å². The Kier molecular flexibility index (Phi) is 9.62. The first-order valence-corrected chi connectivity index (χ1v) is 11.6. The maximum Gasteiger partial charge on any atom is 0.172 e. The van der Waals surface area contributed by atoms with Gasteiger partial charge in [-0.1, -0.05) is 63.0 Å². The molecule has 4 rings (SSSR count). The third kappa shape index (κ3) is 6.12. The molecular weight excluding hydrogens is 499 g/mol. The highest BCUT2D eigenvalue weighted by Gasteiger charge is 2.13. The molecule has 2 heterocycles. The van der Waals surface area contributed by atoms with Gasteiger partial charge in [-0.25, -0.2) is 4.98 Å². The number of halogens is 3. The van der Waals surface area contributed by atoms with Crippen LogP contribution in [0.3, 0.4) is 0 Å². The van der Waals surface area contributed by atoms with Gasteiger partial charge in [-0.3, -0.25) is 0 Å². The largest absolute Gasteiger partial charge is 0.507 e. The molecule has 8 heteroatoms. The van der Waals surface area contributed by atoms with Gasteiger partial charge in [0.1, 0.15) is 11.6 Å². The molecule has 0 radical (unpaired) electrons. The quantitative estimate of drug-likeness (QED) is 0.286. The predicted molar refractivity (Wildman–Crippen MR) is 134 cm³/mol. The Balaban J connectivity index is 0.000000807. The van der Waals surface area contributed by atoms with Crippen LogP contribution in [0.5, 0.6) is 5.75 Å².